The Morgan fingerprint density at radius 2 is 0.968 bits per heavy atom. The van der Waals surface area contributed by atoms with E-state index < -0.39 is 0 Å². The maximum Gasteiger partial charge on any atom is 0.307 e. The van der Waals surface area contributed by atoms with Gasteiger partial charge in [-0.2, -0.15) is 0 Å². The van der Waals surface area contributed by atoms with E-state index in [0.29, 0.717) is 65.4 Å². The van der Waals surface area contributed by atoms with Crippen molar-refractivity contribution >= 4 is 110 Å². The van der Waals surface area contributed by atoms with Crippen molar-refractivity contribution in [3.63, 3.8) is 0 Å². The highest BCUT2D eigenvalue weighted by atomic mass is 33.1. The van der Waals surface area contributed by atoms with E-state index in [4.69, 9.17) is 18.9 Å². The number of carbonyl (C=O) groups is 4. The van der Waals surface area contributed by atoms with Crippen LogP contribution in [0.15, 0.2) is 0 Å². The van der Waals surface area contributed by atoms with E-state index in [2.05, 4.69) is 70.2 Å². The summed E-state index contributed by atoms with van der Waals surface area (Å²) in [7, 11) is 17.3. The fourth-order valence-corrected chi connectivity index (χ4v) is 21.1. The van der Waals surface area contributed by atoms with Gasteiger partial charge in [0.2, 0.25) is 0 Å². The summed E-state index contributed by atoms with van der Waals surface area (Å²) in [6.45, 7) is 23.2. The number of hydrogen-bond donors (Lipinski definition) is 0. The first-order valence-electron chi connectivity index (χ1n) is 38.2. The molecule has 0 aromatic heterocycles. The molecule has 0 aliphatic carbocycles. The van der Waals surface area contributed by atoms with E-state index in [1.807, 2.05) is 86.4 Å². The third-order valence-corrected chi connectivity index (χ3v) is 28.1. The molecule has 1 aliphatic heterocycles. The first kappa shape index (κ1) is 91.6. The van der Waals surface area contributed by atoms with Gasteiger partial charge in [0, 0.05) is 72.2 Å². The van der Waals surface area contributed by atoms with Crippen molar-refractivity contribution in [1.29, 1.82) is 0 Å². The monoisotopic (exact) mass is 1460 g/mol. The van der Waals surface area contributed by atoms with Crippen molar-refractivity contribution in [3.8, 4) is 0 Å². The van der Waals surface area contributed by atoms with Gasteiger partial charge in [-0.25, -0.2) is 0 Å². The molecule has 1 saturated heterocycles. The molecule has 1 rings (SSSR count). The van der Waals surface area contributed by atoms with Gasteiger partial charge < -0.3 is 33.6 Å². The number of unbranched alkanes of at least 4 members (excludes halogenated alkanes) is 14. The number of rotatable bonds is 52. The maximum atomic E-state index is 13.2. The fraction of sp³-hybridized carbons (Fsp3) is 0.946. The molecule has 5 atom stereocenters. The maximum absolute atomic E-state index is 13.2. The Morgan fingerprint density at radius 1 is 0.516 bits per heavy atom. The molecule has 0 aromatic carbocycles. The van der Waals surface area contributed by atoms with E-state index in [1.54, 1.807) is 0 Å². The van der Waals surface area contributed by atoms with Crippen molar-refractivity contribution in [2.45, 2.75) is 286 Å². The zero-order chi connectivity index (χ0) is 67.7. The zero-order valence-corrected chi connectivity index (χ0v) is 67.6. The quantitative estimate of drug-likeness (QED) is 0.0249. The second kappa shape index (κ2) is 69.6. The van der Waals surface area contributed by atoms with Crippen LogP contribution in [-0.2, 0) is 38.1 Å². The number of nitrogens with zero attached hydrogens (tertiary/aromatic N) is 3. The number of esters is 4. The van der Waals surface area contributed by atoms with Gasteiger partial charge in [-0.15, -0.1) is 0 Å². The largest absolute Gasteiger partial charge is 0.465 e. The van der Waals surface area contributed by atoms with Gasteiger partial charge in [-0.05, 0) is 127 Å². The standard InChI is InChI=1S/C74H143N3O8S8/c1-9-15-21-25-35-67(33-19-13-5)62-90-86-58-54-82-71(78)42-50-76(51-43-72(79)83-55-59-87-91-63-68(34-20-14-6)36-26-22-16-10-2)48-30-46-75(8)47-31-49-77-52-44-73(80)84-56-60-88-92-64-69(37-27-23-17-11-3)39-29-32-66(7)40-41-70(38-28-24-18-12-4)65-93-89-61-57-85-74(81)45-53-77/h66-70H,9-65H2,1-8H3. The van der Waals surface area contributed by atoms with Gasteiger partial charge in [-0.1, -0.05) is 282 Å². The van der Waals surface area contributed by atoms with Crippen LogP contribution in [-0.4, -0.2) is 170 Å². The van der Waals surface area contributed by atoms with Crippen molar-refractivity contribution in [2.75, 3.05) is 132 Å². The zero-order valence-electron chi connectivity index (χ0n) is 61.1. The predicted molar refractivity (Wildman–Crippen MR) is 422 cm³/mol. The molecule has 0 spiro atoms. The lowest BCUT2D eigenvalue weighted by atomic mass is 9.89. The highest BCUT2D eigenvalue weighted by Crippen LogP contribution is 2.34. The minimum absolute atomic E-state index is 0.180. The van der Waals surface area contributed by atoms with Gasteiger partial charge in [0.05, 0.1) is 25.7 Å². The first-order chi connectivity index (χ1) is 45.5. The van der Waals surface area contributed by atoms with E-state index in [0.717, 1.165) is 91.6 Å². The first-order valence-corrected chi connectivity index (χ1v) is 48.1. The van der Waals surface area contributed by atoms with Crippen LogP contribution in [0.25, 0.3) is 0 Å². The lowest BCUT2D eigenvalue weighted by Gasteiger charge is -2.25. The summed E-state index contributed by atoms with van der Waals surface area (Å²) in [6, 6.07) is 0. The Morgan fingerprint density at radius 3 is 1.45 bits per heavy atom. The average molecular weight is 1460 g/mol. The minimum Gasteiger partial charge on any atom is -0.465 e. The normalized spacial score (nSPS) is 18.7. The Balaban J connectivity index is 2.91. The summed E-state index contributed by atoms with van der Waals surface area (Å²) in [5, 5.41) is 0. The molecule has 0 amide bonds. The van der Waals surface area contributed by atoms with E-state index >= 15 is 0 Å². The molecule has 19 heteroatoms. The Kier molecular flexibility index (Phi) is 68.6. The molecule has 0 N–H and O–H groups in total. The van der Waals surface area contributed by atoms with Crippen LogP contribution in [0.5, 0.6) is 0 Å². The van der Waals surface area contributed by atoms with E-state index in [-0.39, 0.29) is 36.7 Å². The SMILES string of the molecule is CCCCCCC(CCCC)CSSCCOC(=O)CCN(CCCN(C)CCCN1CCC(=O)OCCSSCC(CCCCCC)CCCC(C)CCC(CCCCCC)CSSCCOC(=O)CC1)CCC(=O)OCCSSCC(CCCC)CCCCCC. The van der Waals surface area contributed by atoms with Crippen LogP contribution in [0, 0.1) is 29.6 Å². The Hall–Kier alpha value is 0.560. The molecule has 0 aromatic rings. The number of cyclic esters (lactones) is 2. The summed E-state index contributed by atoms with van der Waals surface area (Å²) >= 11 is 0. The van der Waals surface area contributed by atoms with Crippen LogP contribution in [0.1, 0.15) is 286 Å². The van der Waals surface area contributed by atoms with Crippen LogP contribution in [0.4, 0.5) is 0 Å². The van der Waals surface area contributed by atoms with Crippen LogP contribution >= 0.6 is 86.4 Å². The molecule has 0 bridgehead atoms. The van der Waals surface area contributed by atoms with Gasteiger partial charge in [0.25, 0.3) is 0 Å². The molecule has 0 saturated carbocycles. The molecule has 1 heterocycles. The minimum atomic E-state index is -0.183. The van der Waals surface area contributed by atoms with Gasteiger partial charge in [-0.3, -0.25) is 19.2 Å². The third-order valence-electron chi connectivity index (χ3n) is 18.0. The number of ether oxygens (including phenoxy) is 4. The molecular formula is C74H143N3O8S8. The summed E-state index contributed by atoms with van der Waals surface area (Å²) in [6.07, 6.45) is 43.6. The van der Waals surface area contributed by atoms with Crippen molar-refractivity contribution in [3.05, 3.63) is 0 Å². The van der Waals surface area contributed by atoms with Crippen molar-refractivity contribution < 1.29 is 38.1 Å². The average Bonchev–Trinajstić information content (AvgIpc) is 3.70. The lowest BCUT2D eigenvalue weighted by molar-refractivity contribution is -0.145. The molecule has 11 nitrogen and oxygen atoms in total. The Labute approximate surface area is 605 Å². The molecular weight excluding hydrogens is 1320 g/mol. The van der Waals surface area contributed by atoms with Crippen LogP contribution < -0.4 is 0 Å². The van der Waals surface area contributed by atoms with Gasteiger partial charge >= 0.3 is 23.9 Å². The van der Waals surface area contributed by atoms with E-state index in [1.165, 1.54) is 222 Å². The number of hydrogen-bond acceptors (Lipinski definition) is 19. The van der Waals surface area contributed by atoms with Crippen molar-refractivity contribution in [1.82, 2.24) is 14.7 Å². The molecule has 0 radical (unpaired) electrons. The van der Waals surface area contributed by atoms with E-state index in [9.17, 15) is 19.2 Å². The van der Waals surface area contributed by atoms with Gasteiger partial charge in [0.1, 0.15) is 26.4 Å². The highest BCUT2D eigenvalue weighted by Gasteiger charge is 2.19. The third kappa shape index (κ3) is 61.0. The summed E-state index contributed by atoms with van der Waals surface area (Å²) in [4.78, 5) is 59.4. The summed E-state index contributed by atoms with van der Waals surface area (Å²) in [5.74, 6) is 10.9. The number of carbonyl (C=O) groups excluding carboxylic acids is 4. The molecule has 1 fully saturated rings. The summed E-state index contributed by atoms with van der Waals surface area (Å²) in [5.41, 5.74) is 0. The van der Waals surface area contributed by atoms with Crippen molar-refractivity contribution in [2.24, 2.45) is 29.6 Å². The van der Waals surface area contributed by atoms with Crippen LogP contribution in [0.2, 0.25) is 0 Å². The van der Waals surface area contributed by atoms with Crippen LogP contribution in [0.3, 0.4) is 0 Å². The highest BCUT2D eigenvalue weighted by molar-refractivity contribution is 8.77. The second-order valence-electron chi connectivity index (χ2n) is 26.8. The summed E-state index contributed by atoms with van der Waals surface area (Å²) < 4.78 is 23.1. The molecule has 5 unspecified atom stereocenters. The molecule has 93 heavy (non-hydrogen) atoms. The van der Waals surface area contributed by atoms with Gasteiger partial charge in [0.15, 0.2) is 0 Å². The molecule has 550 valence electrons. The fourth-order valence-electron chi connectivity index (χ4n) is 11.9. The smallest absolute Gasteiger partial charge is 0.307 e. The predicted octanol–water partition coefficient (Wildman–Crippen LogP) is 21.9. The lowest BCUT2D eigenvalue weighted by Crippen LogP contribution is -2.34. The Bertz CT molecular complexity index is 1640. The topological polar surface area (TPSA) is 115 Å². The molecule has 1 aliphatic rings. The second-order valence-corrected chi connectivity index (χ2v) is 37.3.